The topological polar surface area (TPSA) is 42.0 Å². The van der Waals surface area contributed by atoms with Crippen LogP contribution in [0.4, 0.5) is 5.13 Å². The lowest BCUT2D eigenvalue weighted by Crippen LogP contribution is -2.14. The van der Waals surface area contributed by atoms with Gasteiger partial charge in [-0.1, -0.05) is 36.8 Å². The number of anilines is 1. The number of nitrogens with zero attached hydrogens (tertiary/aromatic N) is 1. The van der Waals surface area contributed by atoms with Crippen molar-refractivity contribution in [3.05, 3.63) is 35.2 Å². The molecule has 1 aromatic heterocycles. The van der Waals surface area contributed by atoms with Crippen molar-refractivity contribution in [3.63, 3.8) is 0 Å². The van der Waals surface area contributed by atoms with Gasteiger partial charge in [-0.3, -0.25) is 4.79 Å². The van der Waals surface area contributed by atoms with E-state index in [0.717, 1.165) is 17.7 Å². The Morgan fingerprint density at radius 1 is 1.37 bits per heavy atom. The van der Waals surface area contributed by atoms with Crippen LogP contribution in [0.15, 0.2) is 29.6 Å². The highest BCUT2D eigenvalue weighted by Crippen LogP contribution is 2.38. The third kappa shape index (κ3) is 2.68. The minimum atomic E-state index is 0.109. The number of carbonyl (C=O) groups is 1. The molecule has 2 aromatic rings. The first-order chi connectivity index (χ1) is 9.13. The summed E-state index contributed by atoms with van der Waals surface area (Å²) >= 11 is 1.48. The van der Waals surface area contributed by atoms with Crippen LogP contribution >= 0.6 is 11.3 Å². The summed E-state index contributed by atoms with van der Waals surface area (Å²) in [4.78, 5) is 16.3. The van der Waals surface area contributed by atoms with Crippen LogP contribution in [-0.4, -0.2) is 10.9 Å². The number of aryl methyl sites for hydroxylation is 1. The van der Waals surface area contributed by atoms with Gasteiger partial charge in [0.2, 0.25) is 5.91 Å². The summed E-state index contributed by atoms with van der Waals surface area (Å²) in [5.74, 6) is 0.820. The average molecular weight is 272 g/mol. The van der Waals surface area contributed by atoms with E-state index in [4.69, 9.17) is 0 Å². The number of hydrogen-bond donors (Lipinski definition) is 1. The van der Waals surface area contributed by atoms with Crippen LogP contribution in [0.3, 0.4) is 0 Å². The standard InChI is InChI=1S/C15H16N2OS/c1-9-3-5-11(6-4-9)13-8-19-15(16-13)17-14(18)12-7-10(12)2/h3-6,8,10,12H,7H2,1-2H3,(H,16,17,18)/t10-,12-/m0/s1. The van der Waals surface area contributed by atoms with Gasteiger partial charge in [-0.2, -0.15) is 0 Å². The minimum absolute atomic E-state index is 0.109. The molecule has 1 N–H and O–H groups in total. The predicted octanol–water partition coefficient (Wildman–Crippen LogP) is 3.71. The van der Waals surface area contributed by atoms with E-state index in [1.807, 2.05) is 5.38 Å². The summed E-state index contributed by atoms with van der Waals surface area (Å²) in [6, 6.07) is 8.25. The molecule has 1 heterocycles. The highest BCUT2D eigenvalue weighted by molar-refractivity contribution is 7.14. The zero-order valence-electron chi connectivity index (χ0n) is 11.0. The van der Waals surface area contributed by atoms with Gasteiger partial charge < -0.3 is 5.32 Å². The van der Waals surface area contributed by atoms with E-state index in [2.05, 4.69) is 48.4 Å². The molecule has 0 radical (unpaired) electrons. The molecule has 0 bridgehead atoms. The van der Waals surface area contributed by atoms with Crippen LogP contribution in [0, 0.1) is 18.8 Å². The number of benzene rings is 1. The summed E-state index contributed by atoms with van der Waals surface area (Å²) < 4.78 is 0. The first-order valence-corrected chi connectivity index (χ1v) is 7.35. The second-order valence-electron chi connectivity index (χ2n) is 5.21. The molecule has 1 aromatic carbocycles. The first-order valence-electron chi connectivity index (χ1n) is 6.47. The molecule has 2 atom stereocenters. The van der Waals surface area contributed by atoms with Gasteiger partial charge in [0.05, 0.1) is 5.69 Å². The van der Waals surface area contributed by atoms with E-state index in [9.17, 15) is 4.79 Å². The van der Waals surface area contributed by atoms with Gasteiger partial charge in [-0.15, -0.1) is 11.3 Å². The van der Waals surface area contributed by atoms with Crippen molar-refractivity contribution in [1.29, 1.82) is 0 Å². The molecule has 4 heteroatoms. The second-order valence-corrected chi connectivity index (χ2v) is 6.07. The normalized spacial score (nSPS) is 21.2. The maximum atomic E-state index is 11.8. The van der Waals surface area contributed by atoms with Crippen LogP contribution in [0.25, 0.3) is 11.3 Å². The maximum Gasteiger partial charge on any atom is 0.229 e. The monoisotopic (exact) mass is 272 g/mol. The Morgan fingerprint density at radius 3 is 2.68 bits per heavy atom. The van der Waals surface area contributed by atoms with Crippen molar-refractivity contribution in [1.82, 2.24) is 4.98 Å². The highest BCUT2D eigenvalue weighted by Gasteiger charge is 2.39. The van der Waals surface area contributed by atoms with Gasteiger partial charge >= 0.3 is 0 Å². The zero-order valence-corrected chi connectivity index (χ0v) is 11.8. The van der Waals surface area contributed by atoms with Gasteiger partial charge in [-0.05, 0) is 19.3 Å². The molecule has 3 rings (SSSR count). The Bertz CT molecular complexity index is 603. The van der Waals surface area contributed by atoms with Crippen LogP contribution < -0.4 is 5.32 Å². The number of aromatic nitrogens is 1. The van der Waals surface area contributed by atoms with Crippen molar-refractivity contribution >= 4 is 22.4 Å². The zero-order chi connectivity index (χ0) is 13.4. The maximum absolute atomic E-state index is 11.8. The van der Waals surface area contributed by atoms with Crippen LogP contribution in [0.5, 0.6) is 0 Å². The Morgan fingerprint density at radius 2 is 2.05 bits per heavy atom. The molecule has 1 amide bonds. The highest BCUT2D eigenvalue weighted by atomic mass is 32.1. The summed E-state index contributed by atoms with van der Waals surface area (Å²) in [6.07, 6.45) is 1.00. The lowest BCUT2D eigenvalue weighted by molar-refractivity contribution is -0.117. The van der Waals surface area contributed by atoms with E-state index >= 15 is 0 Å². The lowest BCUT2D eigenvalue weighted by Gasteiger charge is -1.99. The van der Waals surface area contributed by atoms with Crippen LogP contribution in [-0.2, 0) is 4.79 Å². The summed E-state index contributed by atoms with van der Waals surface area (Å²) in [6.45, 7) is 4.16. The van der Waals surface area contributed by atoms with Crippen molar-refractivity contribution in [3.8, 4) is 11.3 Å². The van der Waals surface area contributed by atoms with E-state index in [1.54, 1.807) is 0 Å². The molecular formula is C15H16N2OS. The number of amides is 1. The van der Waals surface area contributed by atoms with E-state index < -0.39 is 0 Å². The number of rotatable bonds is 3. The Balaban J connectivity index is 1.72. The third-order valence-electron chi connectivity index (χ3n) is 3.53. The Hall–Kier alpha value is -1.68. The lowest BCUT2D eigenvalue weighted by atomic mass is 10.1. The Labute approximate surface area is 116 Å². The molecule has 1 fully saturated rings. The van der Waals surface area contributed by atoms with E-state index in [1.165, 1.54) is 16.9 Å². The number of thiazole rings is 1. The Kier molecular flexibility index (Phi) is 3.11. The second kappa shape index (κ2) is 4.78. The summed E-state index contributed by atoms with van der Waals surface area (Å²) in [5.41, 5.74) is 3.24. The number of hydrogen-bond acceptors (Lipinski definition) is 3. The number of nitrogens with one attached hydrogen (secondary N) is 1. The smallest absolute Gasteiger partial charge is 0.229 e. The van der Waals surface area contributed by atoms with Crippen molar-refractivity contribution in [2.45, 2.75) is 20.3 Å². The van der Waals surface area contributed by atoms with Crippen molar-refractivity contribution < 1.29 is 4.79 Å². The fourth-order valence-electron chi connectivity index (χ4n) is 2.07. The molecule has 0 aliphatic heterocycles. The third-order valence-corrected chi connectivity index (χ3v) is 4.29. The SMILES string of the molecule is Cc1ccc(-c2csc(NC(=O)[C@H]3C[C@@H]3C)n2)cc1. The van der Waals surface area contributed by atoms with Crippen LogP contribution in [0.1, 0.15) is 18.9 Å². The van der Waals surface area contributed by atoms with E-state index in [-0.39, 0.29) is 11.8 Å². The van der Waals surface area contributed by atoms with Crippen molar-refractivity contribution in [2.24, 2.45) is 11.8 Å². The predicted molar refractivity (Wildman–Crippen MR) is 78.2 cm³/mol. The minimum Gasteiger partial charge on any atom is -0.302 e. The molecule has 1 saturated carbocycles. The average Bonchev–Trinajstić information content (AvgIpc) is 2.95. The molecule has 0 unspecified atom stereocenters. The fraction of sp³-hybridized carbons (Fsp3) is 0.333. The van der Waals surface area contributed by atoms with Gasteiger partial charge in [0.25, 0.3) is 0 Å². The molecule has 0 spiro atoms. The number of carbonyl (C=O) groups excluding carboxylic acids is 1. The van der Waals surface area contributed by atoms with Gasteiger partial charge in [0, 0.05) is 16.9 Å². The largest absolute Gasteiger partial charge is 0.302 e. The van der Waals surface area contributed by atoms with Gasteiger partial charge in [0.1, 0.15) is 0 Å². The molecule has 3 nitrogen and oxygen atoms in total. The van der Waals surface area contributed by atoms with Crippen LogP contribution in [0.2, 0.25) is 0 Å². The molecule has 0 saturated heterocycles. The molecule has 19 heavy (non-hydrogen) atoms. The molecular weight excluding hydrogens is 256 g/mol. The summed E-state index contributed by atoms with van der Waals surface area (Å²) in [5, 5.41) is 5.58. The van der Waals surface area contributed by atoms with Crippen molar-refractivity contribution in [2.75, 3.05) is 5.32 Å². The fourth-order valence-corrected chi connectivity index (χ4v) is 2.80. The van der Waals surface area contributed by atoms with E-state index in [0.29, 0.717) is 11.0 Å². The van der Waals surface area contributed by atoms with Gasteiger partial charge in [0.15, 0.2) is 5.13 Å². The molecule has 98 valence electrons. The molecule has 1 aliphatic carbocycles. The summed E-state index contributed by atoms with van der Waals surface area (Å²) in [7, 11) is 0. The quantitative estimate of drug-likeness (QED) is 0.925. The van der Waals surface area contributed by atoms with Gasteiger partial charge in [-0.25, -0.2) is 4.98 Å². The first kappa shape index (κ1) is 12.4. The molecule has 1 aliphatic rings.